The highest BCUT2D eigenvalue weighted by molar-refractivity contribution is 7.89. The number of carbonyl (C=O) groups excluding carboxylic acids is 2. The zero-order valence-electron chi connectivity index (χ0n) is 16.5. The Hall–Kier alpha value is -1.93. The van der Waals surface area contributed by atoms with Gasteiger partial charge in [0.15, 0.2) is 6.61 Å². The van der Waals surface area contributed by atoms with E-state index in [9.17, 15) is 18.0 Å². The van der Waals surface area contributed by atoms with E-state index in [1.165, 1.54) is 57.6 Å². The van der Waals surface area contributed by atoms with Gasteiger partial charge in [-0.25, -0.2) is 17.5 Å². The van der Waals surface area contributed by atoms with Crippen molar-refractivity contribution in [2.45, 2.75) is 49.5 Å². The first kappa shape index (κ1) is 20.8. The van der Waals surface area contributed by atoms with Crippen LogP contribution in [0.25, 0.3) is 0 Å². The molecule has 0 spiro atoms. The number of hydrogen-bond donors (Lipinski definition) is 0. The van der Waals surface area contributed by atoms with Crippen molar-refractivity contribution >= 4 is 21.9 Å². The van der Waals surface area contributed by atoms with Crippen molar-refractivity contribution in [2.75, 3.05) is 27.2 Å². The summed E-state index contributed by atoms with van der Waals surface area (Å²) in [6, 6.07) is 5.82. The zero-order chi connectivity index (χ0) is 20.3. The van der Waals surface area contributed by atoms with E-state index in [1.54, 1.807) is 0 Å². The Labute approximate surface area is 166 Å². The van der Waals surface area contributed by atoms with Crippen LogP contribution in [0.2, 0.25) is 0 Å². The lowest BCUT2D eigenvalue weighted by Crippen LogP contribution is -2.50. The van der Waals surface area contributed by atoms with E-state index in [1.807, 2.05) is 4.90 Å². The minimum Gasteiger partial charge on any atom is -0.452 e. The van der Waals surface area contributed by atoms with Gasteiger partial charge in [-0.15, -0.1) is 0 Å². The van der Waals surface area contributed by atoms with Gasteiger partial charge >= 0.3 is 5.97 Å². The second-order valence-corrected chi connectivity index (χ2v) is 9.88. The topological polar surface area (TPSA) is 84.0 Å². The average Bonchev–Trinajstić information content (AvgIpc) is 2.71. The van der Waals surface area contributed by atoms with Gasteiger partial charge < -0.3 is 9.64 Å². The molecule has 8 heteroatoms. The number of piperidine rings is 1. The fourth-order valence-corrected chi connectivity index (χ4v) is 5.10. The minimum atomic E-state index is -3.55. The van der Waals surface area contributed by atoms with E-state index >= 15 is 0 Å². The Balaban J connectivity index is 1.58. The standard InChI is InChI=1S/C20H28N2O5S/c1-21(2)28(25,26)17-11-9-16(10-12-17)20(24)27-14-19(23)22-13-5-7-15-6-3-4-8-18(15)22/h9-12,15,18H,3-8,13-14H2,1-2H3/t15-,18-/m1/s1. The van der Waals surface area contributed by atoms with Gasteiger partial charge in [-0.05, 0) is 55.9 Å². The third kappa shape index (κ3) is 4.38. The van der Waals surface area contributed by atoms with Gasteiger partial charge in [-0.2, -0.15) is 0 Å². The van der Waals surface area contributed by atoms with Gasteiger partial charge in [0.05, 0.1) is 10.5 Å². The van der Waals surface area contributed by atoms with E-state index in [0.29, 0.717) is 5.92 Å². The predicted molar refractivity (Wildman–Crippen MR) is 104 cm³/mol. The molecule has 7 nitrogen and oxygen atoms in total. The van der Waals surface area contributed by atoms with Gasteiger partial charge in [0.2, 0.25) is 10.0 Å². The summed E-state index contributed by atoms with van der Waals surface area (Å²) in [6.07, 6.45) is 6.77. The molecule has 1 aliphatic heterocycles. The number of hydrogen-bond acceptors (Lipinski definition) is 5. The van der Waals surface area contributed by atoms with Crippen LogP contribution in [0.1, 0.15) is 48.9 Å². The van der Waals surface area contributed by atoms with Crippen LogP contribution < -0.4 is 0 Å². The monoisotopic (exact) mass is 408 g/mol. The van der Waals surface area contributed by atoms with Gasteiger partial charge in [0.25, 0.3) is 5.91 Å². The van der Waals surface area contributed by atoms with E-state index in [2.05, 4.69) is 0 Å². The van der Waals surface area contributed by atoms with Crippen molar-refractivity contribution in [3.05, 3.63) is 29.8 Å². The molecular formula is C20H28N2O5S. The van der Waals surface area contributed by atoms with E-state index in [-0.39, 0.29) is 29.0 Å². The van der Waals surface area contributed by atoms with Crippen LogP contribution in [0.5, 0.6) is 0 Å². The molecule has 0 bridgehead atoms. The molecule has 1 saturated heterocycles. The summed E-state index contributed by atoms with van der Waals surface area (Å²) < 4.78 is 30.5. The maximum absolute atomic E-state index is 12.6. The summed E-state index contributed by atoms with van der Waals surface area (Å²) in [7, 11) is -0.661. The number of sulfonamides is 1. The van der Waals surface area contributed by atoms with Crippen molar-refractivity contribution in [3.8, 4) is 0 Å². The van der Waals surface area contributed by atoms with Crippen molar-refractivity contribution < 1.29 is 22.7 Å². The molecule has 28 heavy (non-hydrogen) atoms. The molecule has 1 aromatic rings. The quantitative estimate of drug-likeness (QED) is 0.698. The summed E-state index contributed by atoms with van der Waals surface area (Å²) in [5.41, 5.74) is 0.222. The minimum absolute atomic E-state index is 0.0989. The largest absolute Gasteiger partial charge is 0.452 e. The smallest absolute Gasteiger partial charge is 0.338 e. The second-order valence-electron chi connectivity index (χ2n) is 7.73. The van der Waals surface area contributed by atoms with Crippen LogP contribution in [0.15, 0.2) is 29.2 Å². The first-order valence-electron chi connectivity index (χ1n) is 9.80. The zero-order valence-corrected chi connectivity index (χ0v) is 17.3. The summed E-state index contributed by atoms with van der Waals surface area (Å²) in [5, 5.41) is 0. The number of likely N-dealkylation sites (tertiary alicyclic amines) is 1. The summed E-state index contributed by atoms with van der Waals surface area (Å²) >= 11 is 0. The number of ether oxygens (including phenoxy) is 1. The van der Waals surface area contributed by atoms with E-state index in [4.69, 9.17) is 4.74 Å². The number of fused-ring (bicyclic) bond motifs is 1. The number of nitrogens with zero attached hydrogens (tertiary/aromatic N) is 2. The van der Waals surface area contributed by atoms with Crippen LogP contribution in [-0.2, 0) is 19.6 Å². The highest BCUT2D eigenvalue weighted by Crippen LogP contribution is 2.35. The van der Waals surface area contributed by atoms with Crippen molar-refractivity contribution in [1.82, 2.24) is 9.21 Å². The normalized spacial score (nSPS) is 22.6. The number of rotatable bonds is 5. The van der Waals surface area contributed by atoms with Gasteiger partial charge in [-0.1, -0.05) is 12.8 Å². The molecule has 2 fully saturated rings. The number of esters is 1. The van der Waals surface area contributed by atoms with Crippen LogP contribution in [0.3, 0.4) is 0 Å². The third-order valence-corrected chi connectivity index (χ3v) is 7.59. The first-order chi connectivity index (χ1) is 13.3. The number of benzene rings is 1. The van der Waals surface area contributed by atoms with Crippen LogP contribution in [0.4, 0.5) is 0 Å². The van der Waals surface area contributed by atoms with Crippen molar-refractivity contribution in [1.29, 1.82) is 0 Å². The fraction of sp³-hybridized carbons (Fsp3) is 0.600. The van der Waals surface area contributed by atoms with Gasteiger partial charge in [-0.3, -0.25) is 4.79 Å². The summed E-state index contributed by atoms with van der Waals surface area (Å²) in [4.78, 5) is 26.9. The number of amides is 1. The molecule has 0 aromatic heterocycles. The lowest BCUT2D eigenvalue weighted by molar-refractivity contribution is -0.140. The maximum atomic E-state index is 12.6. The molecule has 1 saturated carbocycles. The molecule has 1 amide bonds. The molecule has 0 unspecified atom stereocenters. The lowest BCUT2D eigenvalue weighted by Gasteiger charge is -2.44. The molecule has 0 radical (unpaired) electrons. The SMILES string of the molecule is CN(C)S(=O)(=O)c1ccc(C(=O)OCC(=O)N2CCC[C@H]3CCCC[C@H]32)cc1. The third-order valence-electron chi connectivity index (χ3n) is 5.76. The van der Waals surface area contributed by atoms with E-state index in [0.717, 1.165) is 30.1 Å². The van der Waals surface area contributed by atoms with E-state index < -0.39 is 16.0 Å². The predicted octanol–water partition coefficient (Wildman–Crippen LogP) is 2.27. The first-order valence-corrected chi connectivity index (χ1v) is 11.2. The van der Waals surface area contributed by atoms with Crippen LogP contribution in [0, 0.1) is 5.92 Å². The molecule has 1 heterocycles. The van der Waals surface area contributed by atoms with Gasteiger partial charge in [0.1, 0.15) is 0 Å². The Morgan fingerprint density at radius 3 is 2.39 bits per heavy atom. The average molecular weight is 409 g/mol. The summed E-state index contributed by atoms with van der Waals surface area (Å²) in [6.45, 7) is 0.453. The Bertz CT molecular complexity index is 818. The molecule has 0 N–H and O–H groups in total. The molecule has 1 aromatic carbocycles. The molecular weight excluding hydrogens is 380 g/mol. The number of carbonyl (C=O) groups is 2. The lowest BCUT2D eigenvalue weighted by atomic mass is 9.78. The molecule has 2 atom stereocenters. The Kier molecular flexibility index (Phi) is 6.40. The maximum Gasteiger partial charge on any atom is 0.338 e. The molecule has 2 aliphatic rings. The van der Waals surface area contributed by atoms with Gasteiger partial charge in [0, 0.05) is 26.7 Å². The fourth-order valence-electron chi connectivity index (χ4n) is 4.20. The van der Waals surface area contributed by atoms with Crippen molar-refractivity contribution in [2.24, 2.45) is 5.92 Å². The molecule has 154 valence electrons. The Morgan fingerprint density at radius 1 is 1.07 bits per heavy atom. The summed E-state index contributed by atoms with van der Waals surface area (Å²) in [5.74, 6) is -0.190. The molecule has 1 aliphatic carbocycles. The van der Waals surface area contributed by atoms with Crippen LogP contribution >= 0.6 is 0 Å². The van der Waals surface area contributed by atoms with Crippen molar-refractivity contribution in [3.63, 3.8) is 0 Å². The molecule has 3 rings (SSSR count). The Morgan fingerprint density at radius 2 is 1.71 bits per heavy atom. The van der Waals surface area contributed by atoms with Crippen LogP contribution in [-0.4, -0.2) is 62.8 Å². The highest BCUT2D eigenvalue weighted by atomic mass is 32.2. The second kappa shape index (κ2) is 8.61. The highest BCUT2D eigenvalue weighted by Gasteiger charge is 2.35.